The topological polar surface area (TPSA) is 21.3 Å². The molecule has 1 N–H and O–H groups in total. The lowest BCUT2D eigenvalue weighted by Gasteiger charge is -2.06. The van der Waals surface area contributed by atoms with Crippen LogP contribution in [-0.2, 0) is 11.3 Å². The summed E-state index contributed by atoms with van der Waals surface area (Å²) in [5, 5.41) is 3.26. The number of hydrogen-bond donors (Lipinski definition) is 1. The lowest BCUT2D eigenvalue weighted by atomic mass is 10.2. The van der Waals surface area contributed by atoms with E-state index in [9.17, 15) is 8.78 Å². The molecule has 0 heterocycles. The number of benzene rings is 2. The van der Waals surface area contributed by atoms with Gasteiger partial charge in [0.05, 0.1) is 6.61 Å². The van der Waals surface area contributed by atoms with Crippen molar-refractivity contribution in [3.63, 3.8) is 0 Å². The first-order valence-corrected chi connectivity index (χ1v) is 7.42. The molecule has 0 spiro atoms. The van der Waals surface area contributed by atoms with Crippen LogP contribution in [0.15, 0.2) is 52.3 Å². The van der Waals surface area contributed by atoms with Gasteiger partial charge in [-0.15, -0.1) is 0 Å². The fourth-order valence-electron chi connectivity index (χ4n) is 1.76. The van der Waals surface area contributed by atoms with Gasteiger partial charge in [0, 0.05) is 30.0 Å². The van der Waals surface area contributed by atoms with Crippen LogP contribution in [0.2, 0.25) is 0 Å². The fraction of sp³-hybridized carbons (Fsp3) is 0.250. The van der Waals surface area contributed by atoms with Gasteiger partial charge in [0.2, 0.25) is 0 Å². The van der Waals surface area contributed by atoms with E-state index in [1.807, 2.05) is 24.3 Å². The molecule has 0 aliphatic heterocycles. The lowest BCUT2D eigenvalue weighted by Crippen LogP contribution is -2.18. The summed E-state index contributed by atoms with van der Waals surface area (Å²) < 4.78 is 31.0. The molecule has 0 fully saturated rings. The van der Waals surface area contributed by atoms with Crippen molar-refractivity contribution in [2.75, 3.05) is 20.3 Å². The van der Waals surface area contributed by atoms with Crippen molar-refractivity contribution in [1.29, 1.82) is 0 Å². The zero-order chi connectivity index (χ0) is 15.1. The molecule has 0 aromatic heterocycles. The molecule has 0 bridgehead atoms. The summed E-state index contributed by atoms with van der Waals surface area (Å²) in [4.78, 5) is 1.67. The number of rotatable bonds is 7. The van der Waals surface area contributed by atoms with Crippen LogP contribution in [0.3, 0.4) is 0 Å². The maximum absolute atomic E-state index is 13.1. The number of hydrogen-bond acceptors (Lipinski definition) is 3. The van der Waals surface area contributed by atoms with Gasteiger partial charge in [-0.25, -0.2) is 8.78 Å². The molecule has 0 aliphatic carbocycles. The summed E-state index contributed by atoms with van der Waals surface area (Å²) >= 11 is 1.40. The Morgan fingerprint density at radius 3 is 2.38 bits per heavy atom. The Bertz CT molecular complexity index is 575. The van der Waals surface area contributed by atoms with Gasteiger partial charge < -0.3 is 10.1 Å². The Morgan fingerprint density at radius 1 is 1.00 bits per heavy atom. The van der Waals surface area contributed by atoms with Crippen LogP contribution in [0.5, 0.6) is 0 Å². The Kier molecular flexibility index (Phi) is 6.17. The second-order valence-electron chi connectivity index (χ2n) is 4.49. The zero-order valence-electron chi connectivity index (χ0n) is 11.7. The second-order valence-corrected chi connectivity index (χ2v) is 5.64. The summed E-state index contributed by atoms with van der Waals surface area (Å²) in [6.07, 6.45) is 0. The third kappa shape index (κ3) is 5.12. The maximum atomic E-state index is 13.1. The first kappa shape index (κ1) is 15.9. The third-order valence-electron chi connectivity index (χ3n) is 2.86. The van der Waals surface area contributed by atoms with Crippen molar-refractivity contribution in [3.8, 4) is 0 Å². The fourth-order valence-corrected chi connectivity index (χ4v) is 2.60. The summed E-state index contributed by atoms with van der Waals surface area (Å²) in [5.74, 6) is -1.64. The Labute approximate surface area is 127 Å². The van der Waals surface area contributed by atoms with E-state index < -0.39 is 11.6 Å². The molecular weight excluding hydrogens is 292 g/mol. The molecule has 2 aromatic rings. The number of halogens is 2. The van der Waals surface area contributed by atoms with Gasteiger partial charge in [0.15, 0.2) is 11.6 Å². The first-order valence-electron chi connectivity index (χ1n) is 6.60. The number of ether oxygens (including phenoxy) is 1. The van der Waals surface area contributed by atoms with Gasteiger partial charge >= 0.3 is 0 Å². The van der Waals surface area contributed by atoms with Crippen LogP contribution in [0.1, 0.15) is 5.56 Å². The monoisotopic (exact) mass is 309 g/mol. The molecule has 0 aliphatic rings. The van der Waals surface area contributed by atoms with E-state index in [0.29, 0.717) is 11.5 Å². The molecule has 0 unspecified atom stereocenters. The predicted molar refractivity (Wildman–Crippen MR) is 80.5 cm³/mol. The van der Waals surface area contributed by atoms with E-state index in [1.165, 1.54) is 23.4 Å². The van der Waals surface area contributed by atoms with Crippen molar-refractivity contribution in [1.82, 2.24) is 5.32 Å². The van der Waals surface area contributed by atoms with E-state index >= 15 is 0 Å². The second kappa shape index (κ2) is 8.12. The highest BCUT2D eigenvalue weighted by Gasteiger charge is 2.04. The van der Waals surface area contributed by atoms with Crippen molar-refractivity contribution in [2.24, 2.45) is 0 Å². The van der Waals surface area contributed by atoms with Gasteiger partial charge in [-0.1, -0.05) is 23.9 Å². The minimum Gasteiger partial charge on any atom is -0.383 e. The third-order valence-corrected chi connectivity index (χ3v) is 3.86. The average Bonchev–Trinajstić information content (AvgIpc) is 2.49. The Hall–Kier alpha value is -1.43. The van der Waals surface area contributed by atoms with Crippen LogP contribution >= 0.6 is 11.8 Å². The predicted octanol–water partition coefficient (Wildman–Crippen LogP) is 3.85. The molecule has 0 atom stereocenters. The van der Waals surface area contributed by atoms with Gasteiger partial charge in [0.1, 0.15) is 0 Å². The molecule has 0 amide bonds. The Morgan fingerprint density at radius 2 is 1.71 bits per heavy atom. The van der Waals surface area contributed by atoms with E-state index in [0.717, 1.165) is 24.1 Å². The summed E-state index contributed by atoms with van der Waals surface area (Å²) in [5.41, 5.74) is 1.17. The lowest BCUT2D eigenvalue weighted by molar-refractivity contribution is 0.199. The van der Waals surface area contributed by atoms with E-state index in [-0.39, 0.29) is 0 Å². The molecule has 2 rings (SSSR count). The molecule has 112 valence electrons. The summed E-state index contributed by atoms with van der Waals surface area (Å²) in [6, 6.07) is 11.9. The van der Waals surface area contributed by atoms with Crippen LogP contribution in [0.25, 0.3) is 0 Å². The van der Waals surface area contributed by atoms with Crippen molar-refractivity contribution >= 4 is 11.8 Å². The van der Waals surface area contributed by atoms with Gasteiger partial charge in [-0.3, -0.25) is 0 Å². The van der Waals surface area contributed by atoms with E-state index in [1.54, 1.807) is 13.2 Å². The van der Waals surface area contributed by atoms with E-state index in [2.05, 4.69) is 5.32 Å². The minimum atomic E-state index is -0.822. The molecule has 0 saturated carbocycles. The minimum absolute atomic E-state index is 0.680. The van der Waals surface area contributed by atoms with Crippen molar-refractivity contribution in [2.45, 2.75) is 16.3 Å². The first-order chi connectivity index (χ1) is 10.2. The van der Waals surface area contributed by atoms with Gasteiger partial charge in [-0.05, 0) is 35.9 Å². The van der Waals surface area contributed by atoms with Gasteiger partial charge in [0.25, 0.3) is 0 Å². The number of methoxy groups -OCH3 is 1. The average molecular weight is 309 g/mol. The summed E-state index contributed by atoms with van der Waals surface area (Å²) in [7, 11) is 1.67. The van der Waals surface area contributed by atoms with Crippen LogP contribution in [0, 0.1) is 11.6 Å². The summed E-state index contributed by atoms with van der Waals surface area (Å²) in [6.45, 7) is 2.27. The zero-order valence-corrected chi connectivity index (χ0v) is 12.6. The highest BCUT2D eigenvalue weighted by atomic mass is 32.2. The smallest absolute Gasteiger partial charge is 0.159 e. The van der Waals surface area contributed by atoms with Gasteiger partial charge in [-0.2, -0.15) is 0 Å². The quantitative estimate of drug-likeness (QED) is 0.785. The normalized spacial score (nSPS) is 10.8. The molecule has 2 aromatic carbocycles. The maximum Gasteiger partial charge on any atom is 0.159 e. The molecule has 21 heavy (non-hydrogen) atoms. The molecular formula is C16H17F2NOS. The SMILES string of the molecule is COCCNCc1ccc(Sc2ccc(F)c(F)c2)cc1. The highest BCUT2D eigenvalue weighted by Crippen LogP contribution is 2.28. The largest absolute Gasteiger partial charge is 0.383 e. The number of nitrogens with one attached hydrogen (secondary N) is 1. The van der Waals surface area contributed by atoms with Crippen LogP contribution < -0.4 is 5.32 Å². The molecule has 0 saturated heterocycles. The molecule has 2 nitrogen and oxygen atoms in total. The van der Waals surface area contributed by atoms with Crippen molar-refractivity contribution in [3.05, 3.63) is 59.7 Å². The van der Waals surface area contributed by atoms with Crippen LogP contribution in [-0.4, -0.2) is 20.3 Å². The molecule has 5 heteroatoms. The molecule has 0 radical (unpaired) electrons. The van der Waals surface area contributed by atoms with Crippen LogP contribution in [0.4, 0.5) is 8.78 Å². The standard InChI is InChI=1S/C16H17F2NOS/c1-20-9-8-19-11-12-2-4-13(5-3-12)21-14-6-7-15(17)16(18)10-14/h2-7,10,19H,8-9,11H2,1H3. The van der Waals surface area contributed by atoms with Crippen molar-refractivity contribution < 1.29 is 13.5 Å². The van der Waals surface area contributed by atoms with E-state index in [4.69, 9.17) is 4.74 Å². The highest BCUT2D eigenvalue weighted by molar-refractivity contribution is 7.99. The Balaban J connectivity index is 1.91.